The van der Waals surface area contributed by atoms with Crippen LogP contribution in [0.1, 0.15) is 13.8 Å². The number of benzene rings is 1. The highest BCUT2D eigenvalue weighted by Gasteiger charge is 2.04. The molecule has 0 aromatic heterocycles. The van der Waals surface area contributed by atoms with Crippen molar-refractivity contribution in [2.24, 2.45) is 5.92 Å². The number of nitrogens with one attached hydrogen (secondary N) is 2. The van der Waals surface area contributed by atoms with Crippen molar-refractivity contribution in [1.82, 2.24) is 5.32 Å². The van der Waals surface area contributed by atoms with Crippen LogP contribution in [0.5, 0.6) is 0 Å². The maximum atomic E-state index is 11.2. The molecule has 4 heteroatoms. The van der Waals surface area contributed by atoms with Crippen LogP contribution in [0, 0.1) is 5.92 Å². The molecular formula is C12H17ClN2O. The van der Waals surface area contributed by atoms with Crippen molar-refractivity contribution < 1.29 is 4.79 Å². The highest BCUT2D eigenvalue weighted by molar-refractivity contribution is 6.30. The van der Waals surface area contributed by atoms with Gasteiger partial charge in [0.15, 0.2) is 0 Å². The Morgan fingerprint density at radius 2 is 1.88 bits per heavy atom. The summed E-state index contributed by atoms with van der Waals surface area (Å²) in [5, 5.41) is 6.75. The van der Waals surface area contributed by atoms with Crippen LogP contribution in [0.15, 0.2) is 24.3 Å². The Bertz CT molecular complexity index is 335. The Morgan fingerprint density at radius 3 is 2.44 bits per heavy atom. The number of carbonyl (C=O) groups is 1. The molecule has 1 rings (SSSR count). The Hall–Kier alpha value is -1.22. The Kier molecular flexibility index (Phi) is 5.12. The van der Waals surface area contributed by atoms with Gasteiger partial charge in [-0.15, -0.1) is 0 Å². The van der Waals surface area contributed by atoms with Gasteiger partial charge >= 0.3 is 0 Å². The van der Waals surface area contributed by atoms with Gasteiger partial charge in [0.2, 0.25) is 5.91 Å². The second-order valence-corrected chi connectivity index (χ2v) is 4.32. The number of hydrogen-bond acceptors (Lipinski definition) is 2. The van der Waals surface area contributed by atoms with E-state index < -0.39 is 0 Å². The van der Waals surface area contributed by atoms with E-state index in [1.54, 1.807) is 0 Å². The minimum Gasteiger partial charge on any atom is -0.383 e. The molecule has 0 heterocycles. The quantitative estimate of drug-likeness (QED) is 0.777. The summed E-state index contributed by atoms with van der Waals surface area (Å²) in [6.07, 6.45) is 0. The first-order chi connectivity index (χ1) is 7.59. The van der Waals surface area contributed by atoms with Crippen molar-refractivity contribution in [1.29, 1.82) is 0 Å². The molecule has 0 aliphatic carbocycles. The lowest BCUT2D eigenvalue weighted by molar-refractivity contribution is -0.123. The molecule has 0 saturated heterocycles. The number of rotatable bonds is 5. The Morgan fingerprint density at radius 1 is 1.25 bits per heavy atom. The normalized spacial score (nSPS) is 10.2. The second kappa shape index (κ2) is 6.38. The minimum atomic E-state index is 0.0375. The summed E-state index contributed by atoms with van der Waals surface area (Å²) >= 11 is 5.76. The number of amides is 1. The standard InChI is InChI=1S/C12H17ClN2O/c1-9(2)12(16)15-8-7-14-11-5-3-10(13)4-6-11/h3-6,9,14H,7-8H2,1-2H3,(H,15,16). The summed E-state index contributed by atoms with van der Waals surface area (Å²) in [7, 11) is 0. The van der Waals surface area contributed by atoms with Crippen LogP contribution in [0.4, 0.5) is 5.69 Å². The van der Waals surface area contributed by atoms with E-state index in [0.29, 0.717) is 13.1 Å². The first kappa shape index (κ1) is 12.8. The number of anilines is 1. The zero-order valence-electron chi connectivity index (χ0n) is 9.59. The first-order valence-corrected chi connectivity index (χ1v) is 5.74. The van der Waals surface area contributed by atoms with E-state index in [1.165, 1.54) is 0 Å². The molecule has 1 amide bonds. The molecule has 3 nitrogen and oxygen atoms in total. The Balaban J connectivity index is 2.21. The van der Waals surface area contributed by atoms with E-state index in [1.807, 2.05) is 38.1 Å². The predicted octanol–water partition coefficient (Wildman–Crippen LogP) is 2.52. The summed E-state index contributed by atoms with van der Waals surface area (Å²) in [4.78, 5) is 11.2. The van der Waals surface area contributed by atoms with Crippen molar-refractivity contribution in [3.63, 3.8) is 0 Å². The van der Waals surface area contributed by atoms with Gasteiger partial charge in [0.05, 0.1) is 0 Å². The maximum absolute atomic E-state index is 11.2. The summed E-state index contributed by atoms with van der Waals surface area (Å²) < 4.78 is 0. The molecule has 0 radical (unpaired) electrons. The molecule has 0 saturated carbocycles. The zero-order valence-corrected chi connectivity index (χ0v) is 10.3. The topological polar surface area (TPSA) is 41.1 Å². The van der Waals surface area contributed by atoms with E-state index in [0.717, 1.165) is 10.7 Å². The molecule has 0 bridgehead atoms. The first-order valence-electron chi connectivity index (χ1n) is 5.36. The lowest BCUT2D eigenvalue weighted by Gasteiger charge is -2.09. The third-order valence-electron chi connectivity index (χ3n) is 2.12. The third kappa shape index (κ3) is 4.53. The number of halogens is 1. The second-order valence-electron chi connectivity index (χ2n) is 3.88. The average Bonchev–Trinajstić information content (AvgIpc) is 2.26. The molecule has 1 aromatic carbocycles. The predicted molar refractivity (Wildman–Crippen MR) is 67.8 cm³/mol. The maximum Gasteiger partial charge on any atom is 0.222 e. The summed E-state index contributed by atoms with van der Waals surface area (Å²) in [5.74, 6) is 0.119. The van der Waals surface area contributed by atoms with Gasteiger partial charge in [0.25, 0.3) is 0 Å². The minimum absolute atomic E-state index is 0.0375. The monoisotopic (exact) mass is 240 g/mol. The Labute approximate surface area is 101 Å². The fourth-order valence-electron chi connectivity index (χ4n) is 1.16. The lowest BCUT2D eigenvalue weighted by Crippen LogP contribution is -2.31. The highest BCUT2D eigenvalue weighted by atomic mass is 35.5. The van der Waals surface area contributed by atoms with Crippen LogP contribution in [0.3, 0.4) is 0 Å². The van der Waals surface area contributed by atoms with Gasteiger partial charge in [-0.05, 0) is 24.3 Å². The van der Waals surface area contributed by atoms with Gasteiger partial charge in [-0.1, -0.05) is 25.4 Å². The fourth-order valence-corrected chi connectivity index (χ4v) is 1.29. The van der Waals surface area contributed by atoms with E-state index in [-0.39, 0.29) is 11.8 Å². The molecule has 0 aliphatic heterocycles. The molecule has 0 atom stereocenters. The molecule has 2 N–H and O–H groups in total. The van der Waals surface area contributed by atoms with Crippen LogP contribution < -0.4 is 10.6 Å². The molecular weight excluding hydrogens is 224 g/mol. The van der Waals surface area contributed by atoms with Gasteiger partial charge in [0.1, 0.15) is 0 Å². The van der Waals surface area contributed by atoms with Gasteiger partial charge in [-0.3, -0.25) is 4.79 Å². The van der Waals surface area contributed by atoms with Crippen molar-refractivity contribution in [2.45, 2.75) is 13.8 Å². The fraction of sp³-hybridized carbons (Fsp3) is 0.417. The van der Waals surface area contributed by atoms with Gasteiger partial charge in [0, 0.05) is 29.7 Å². The SMILES string of the molecule is CC(C)C(=O)NCCNc1ccc(Cl)cc1. The summed E-state index contributed by atoms with van der Waals surface area (Å²) in [5.41, 5.74) is 1.00. The van der Waals surface area contributed by atoms with Crippen molar-refractivity contribution in [3.05, 3.63) is 29.3 Å². The smallest absolute Gasteiger partial charge is 0.222 e. The van der Waals surface area contributed by atoms with Gasteiger partial charge in [-0.2, -0.15) is 0 Å². The van der Waals surface area contributed by atoms with E-state index in [2.05, 4.69) is 10.6 Å². The average molecular weight is 241 g/mol. The molecule has 1 aromatic rings. The number of carbonyl (C=O) groups excluding carboxylic acids is 1. The van der Waals surface area contributed by atoms with Crippen molar-refractivity contribution in [2.75, 3.05) is 18.4 Å². The van der Waals surface area contributed by atoms with Gasteiger partial charge < -0.3 is 10.6 Å². The van der Waals surface area contributed by atoms with Crippen LogP contribution in [0.2, 0.25) is 5.02 Å². The van der Waals surface area contributed by atoms with Crippen LogP contribution >= 0.6 is 11.6 Å². The zero-order chi connectivity index (χ0) is 12.0. The molecule has 0 unspecified atom stereocenters. The van der Waals surface area contributed by atoms with E-state index in [9.17, 15) is 4.79 Å². The molecule has 16 heavy (non-hydrogen) atoms. The van der Waals surface area contributed by atoms with Crippen LogP contribution in [-0.2, 0) is 4.79 Å². The van der Waals surface area contributed by atoms with E-state index >= 15 is 0 Å². The lowest BCUT2D eigenvalue weighted by atomic mass is 10.2. The van der Waals surface area contributed by atoms with Crippen molar-refractivity contribution >= 4 is 23.2 Å². The molecule has 0 spiro atoms. The summed E-state index contributed by atoms with van der Waals surface area (Å²) in [6.45, 7) is 5.09. The molecule has 0 fully saturated rings. The highest BCUT2D eigenvalue weighted by Crippen LogP contribution is 2.12. The number of hydrogen-bond donors (Lipinski definition) is 2. The molecule has 0 aliphatic rings. The third-order valence-corrected chi connectivity index (χ3v) is 2.37. The van der Waals surface area contributed by atoms with Crippen LogP contribution in [0.25, 0.3) is 0 Å². The van der Waals surface area contributed by atoms with Crippen molar-refractivity contribution in [3.8, 4) is 0 Å². The van der Waals surface area contributed by atoms with E-state index in [4.69, 9.17) is 11.6 Å². The largest absolute Gasteiger partial charge is 0.383 e. The van der Waals surface area contributed by atoms with Gasteiger partial charge in [-0.25, -0.2) is 0 Å². The molecule has 88 valence electrons. The summed E-state index contributed by atoms with van der Waals surface area (Å²) in [6, 6.07) is 7.48. The van der Waals surface area contributed by atoms with Crippen LogP contribution in [-0.4, -0.2) is 19.0 Å².